The van der Waals surface area contributed by atoms with Crippen molar-refractivity contribution in [2.75, 3.05) is 13.1 Å². The average Bonchev–Trinajstić information content (AvgIpc) is 2.89. The predicted octanol–water partition coefficient (Wildman–Crippen LogP) is 0.921. The topological polar surface area (TPSA) is 97.4 Å². The molecule has 1 aromatic rings. The van der Waals surface area contributed by atoms with Gasteiger partial charge < -0.3 is 20.8 Å². The minimum atomic E-state index is -0.588. The van der Waals surface area contributed by atoms with Crippen LogP contribution in [0.2, 0.25) is 0 Å². The van der Waals surface area contributed by atoms with E-state index in [1.165, 1.54) is 6.26 Å². The Hall–Kier alpha value is -1.53. The van der Waals surface area contributed by atoms with Gasteiger partial charge in [0.2, 0.25) is 5.91 Å². The Balaban J connectivity index is 0.00000361. The van der Waals surface area contributed by atoms with Gasteiger partial charge in [0.05, 0.1) is 6.26 Å². The number of carbonyl (C=O) groups excluding carboxylic acids is 2. The van der Waals surface area contributed by atoms with Crippen LogP contribution in [0.3, 0.4) is 0 Å². The largest absolute Gasteiger partial charge is 0.459 e. The van der Waals surface area contributed by atoms with Gasteiger partial charge in [-0.15, -0.1) is 12.4 Å². The van der Waals surface area contributed by atoms with E-state index in [1.807, 2.05) is 13.8 Å². The first-order chi connectivity index (χ1) is 9.06. The Labute approximate surface area is 124 Å². The second-order valence-corrected chi connectivity index (χ2v) is 4.61. The molecule has 2 amide bonds. The van der Waals surface area contributed by atoms with Crippen LogP contribution in [0.1, 0.15) is 30.8 Å². The van der Waals surface area contributed by atoms with Crippen LogP contribution >= 0.6 is 12.4 Å². The Kier molecular flexibility index (Phi) is 8.67. The van der Waals surface area contributed by atoms with Crippen LogP contribution in [-0.2, 0) is 4.79 Å². The van der Waals surface area contributed by atoms with E-state index in [0.29, 0.717) is 19.5 Å². The number of rotatable bonds is 7. The van der Waals surface area contributed by atoms with Gasteiger partial charge in [-0.1, -0.05) is 13.8 Å². The van der Waals surface area contributed by atoms with E-state index in [2.05, 4.69) is 10.6 Å². The van der Waals surface area contributed by atoms with Crippen molar-refractivity contribution in [2.45, 2.75) is 26.3 Å². The highest BCUT2D eigenvalue weighted by atomic mass is 35.5. The minimum absolute atomic E-state index is 0. The Morgan fingerprint density at radius 1 is 1.40 bits per heavy atom. The maximum absolute atomic E-state index is 12.0. The van der Waals surface area contributed by atoms with Gasteiger partial charge in [0, 0.05) is 6.54 Å². The lowest BCUT2D eigenvalue weighted by atomic mass is 10.0. The highest BCUT2D eigenvalue weighted by molar-refractivity contribution is 5.95. The highest BCUT2D eigenvalue weighted by Gasteiger charge is 2.25. The van der Waals surface area contributed by atoms with Gasteiger partial charge in [-0.2, -0.15) is 0 Å². The van der Waals surface area contributed by atoms with E-state index in [1.54, 1.807) is 12.1 Å². The van der Waals surface area contributed by atoms with Crippen molar-refractivity contribution in [1.82, 2.24) is 10.6 Å². The van der Waals surface area contributed by atoms with E-state index in [-0.39, 0.29) is 30.0 Å². The smallest absolute Gasteiger partial charge is 0.287 e. The molecule has 114 valence electrons. The zero-order chi connectivity index (χ0) is 14.3. The molecule has 1 atom stereocenters. The maximum Gasteiger partial charge on any atom is 0.287 e. The highest BCUT2D eigenvalue weighted by Crippen LogP contribution is 2.05. The van der Waals surface area contributed by atoms with E-state index in [0.717, 1.165) is 0 Å². The summed E-state index contributed by atoms with van der Waals surface area (Å²) < 4.78 is 4.99. The lowest BCUT2D eigenvalue weighted by molar-refractivity contribution is -0.123. The Morgan fingerprint density at radius 2 is 2.10 bits per heavy atom. The van der Waals surface area contributed by atoms with Crippen LogP contribution in [0.4, 0.5) is 0 Å². The van der Waals surface area contributed by atoms with E-state index in [4.69, 9.17) is 10.2 Å². The van der Waals surface area contributed by atoms with Crippen LogP contribution in [0, 0.1) is 5.92 Å². The van der Waals surface area contributed by atoms with Crippen molar-refractivity contribution in [3.05, 3.63) is 24.2 Å². The molecule has 6 nitrogen and oxygen atoms in total. The number of nitrogens with two attached hydrogens (primary N) is 1. The van der Waals surface area contributed by atoms with Gasteiger partial charge in [-0.3, -0.25) is 9.59 Å². The molecule has 0 aliphatic rings. The zero-order valence-corrected chi connectivity index (χ0v) is 12.5. The number of amides is 2. The molecule has 0 fully saturated rings. The summed E-state index contributed by atoms with van der Waals surface area (Å²) in [6.07, 6.45) is 2.13. The molecule has 1 aromatic heterocycles. The first-order valence-electron chi connectivity index (χ1n) is 6.38. The normalized spacial score (nSPS) is 11.6. The fourth-order valence-electron chi connectivity index (χ4n) is 1.58. The van der Waals surface area contributed by atoms with E-state index < -0.39 is 11.9 Å². The first-order valence-corrected chi connectivity index (χ1v) is 6.38. The van der Waals surface area contributed by atoms with Crippen LogP contribution in [0.5, 0.6) is 0 Å². The molecule has 1 heterocycles. The fraction of sp³-hybridized carbons (Fsp3) is 0.538. The van der Waals surface area contributed by atoms with Gasteiger partial charge in [0.25, 0.3) is 5.91 Å². The summed E-state index contributed by atoms with van der Waals surface area (Å²) in [5.41, 5.74) is 5.36. The number of halogens is 1. The summed E-state index contributed by atoms with van der Waals surface area (Å²) in [4.78, 5) is 23.8. The van der Waals surface area contributed by atoms with Gasteiger partial charge >= 0.3 is 0 Å². The number of carbonyl (C=O) groups is 2. The molecule has 7 heteroatoms. The predicted molar refractivity (Wildman–Crippen MR) is 78.7 cm³/mol. The summed E-state index contributed by atoms with van der Waals surface area (Å²) >= 11 is 0. The van der Waals surface area contributed by atoms with E-state index in [9.17, 15) is 9.59 Å². The number of furan rings is 1. The number of hydrogen-bond donors (Lipinski definition) is 3. The van der Waals surface area contributed by atoms with Crippen molar-refractivity contribution in [1.29, 1.82) is 0 Å². The van der Waals surface area contributed by atoms with Gasteiger partial charge in [-0.25, -0.2) is 0 Å². The third-order valence-electron chi connectivity index (χ3n) is 2.66. The summed E-state index contributed by atoms with van der Waals surface area (Å²) in [5.74, 6) is -0.418. The summed E-state index contributed by atoms with van der Waals surface area (Å²) in [6.45, 7) is 4.77. The molecule has 4 N–H and O–H groups in total. The number of hydrogen-bond acceptors (Lipinski definition) is 4. The monoisotopic (exact) mass is 303 g/mol. The molecule has 0 saturated heterocycles. The molecule has 20 heavy (non-hydrogen) atoms. The molecule has 0 aromatic carbocycles. The lowest BCUT2D eigenvalue weighted by Crippen LogP contribution is -2.49. The summed E-state index contributed by atoms with van der Waals surface area (Å²) in [5, 5.41) is 5.42. The molecule has 0 aliphatic carbocycles. The molecule has 0 bridgehead atoms. The van der Waals surface area contributed by atoms with Crippen molar-refractivity contribution in [3.63, 3.8) is 0 Å². The molecule has 0 radical (unpaired) electrons. The van der Waals surface area contributed by atoms with Crippen LogP contribution in [0.15, 0.2) is 22.8 Å². The molecule has 1 rings (SSSR count). The minimum Gasteiger partial charge on any atom is -0.459 e. The second kappa shape index (κ2) is 9.39. The van der Waals surface area contributed by atoms with Crippen molar-refractivity contribution in [3.8, 4) is 0 Å². The van der Waals surface area contributed by atoms with Gasteiger partial charge in [0.15, 0.2) is 5.76 Å². The van der Waals surface area contributed by atoms with Crippen LogP contribution < -0.4 is 16.4 Å². The maximum atomic E-state index is 12.0. The van der Waals surface area contributed by atoms with Gasteiger partial charge in [-0.05, 0) is 31.0 Å². The number of nitrogens with one attached hydrogen (secondary N) is 2. The molecule has 1 unspecified atom stereocenters. The van der Waals surface area contributed by atoms with Crippen LogP contribution in [0.25, 0.3) is 0 Å². The second-order valence-electron chi connectivity index (χ2n) is 4.61. The molecule has 0 saturated carbocycles. The lowest BCUT2D eigenvalue weighted by Gasteiger charge is -2.21. The van der Waals surface area contributed by atoms with Crippen LogP contribution in [-0.4, -0.2) is 30.9 Å². The first kappa shape index (κ1) is 18.5. The van der Waals surface area contributed by atoms with Crippen molar-refractivity contribution < 1.29 is 14.0 Å². The van der Waals surface area contributed by atoms with Crippen molar-refractivity contribution in [2.24, 2.45) is 11.7 Å². The standard InChI is InChI=1S/C13H21N3O3.ClH/c1-9(2)11(13(18)15-7-4-6-14)16-12(17)10-5-3-8-19-10;/h3,5,8-9,11H,4,6-7,14H2,1-2H3,(H,15,18)(H,16,17);1H. The third-order valence-corrected chi connectivity index (χ3v) is 2.66. The Morgan fingerprint density at radius 3 is 2.60 bits per heavy atom. The summed E-state index contributed by atoms with van der Waals surface area (Å²) in [6, 6.07) is 2.59. The molecule has 0 spiro atoms. The average molecular weight is 304 g/mol. The molecular formula is C13H22ClN3O3. The molecule has 0 aliphatic heterocycles. The molecular weight excluding hydrogens is 282 g/mol. The third kappa shape index (κ3) is 5.63. The zero-order valence-electron chi connectivity index (χ0n) is 11.7. The van der Waals surface area contributed by atoms with E-state index >= 15 is 0 Å². The van der Waals surface area contributed by atoms with Crippen molar-refractivity contribution >= 4 is 24.2 Å². The fourth-order valence-corrected chi connectivity index (χ4v) is 1.58. The SMILES string of the molecule is CC(C)C(NC(=O)c1ccco1)C(=O)NCCCN.Cl. The van der Waals surface area contributed by atoms with Gasteiger partial charge in [0.1, 0.15) is 6.04 Å². The quantitative estimate of drug-likeness (QED) is 0.652. The Bertz CT molecular complexity index is 407. The summed E-state index contributed by atoms with van der Waals surface area (Å²) in [7, 11) is 0.